The molecule has 222 valence electrons. The van der Waals surface area contributed by atoms with E-state index in [1.54, 1.807) is 0 Å². The van der Waals surface area contributed by atoms with Crippen LogP contribution in [0.1, 0.15) is 25.0 Å². The summed E-state index contributed by atoms with van der Waals surface area (Å²) >= 11 is 0. The quantitative estimate of drug-likeness (QED) is 0.202. The van der Waals surface area contributed by atoms with Gasteiger partial charge in [-0.15, -0.1) is 0 Å². The van der Waals surface area contributed by atoms with Crippen molar-refractivity contribution in [3.05, 3.63) is 151 Å². The molecule has 1 aliphatic rings. The zero-order valence-electron chi connectivity index (χ0n) is 26.0. The molecule has 0 bridgehead atoms. The number of aromatic nitrogens is 3. The largest absolute Gasteiger partial charge is 0.452 e. The first-order valence-electron chi connectivity index (χ1n) is 16.1. The predicted molar refractivity (Wildman–Crippen MR) is 192 cm³/mol. The van der Waals surface area contributed by atoms with Gasteiger partial charge in [0.05, 0.1) is 11.0 Å². The minimum Gasteiger partial charge on any atom is -0.452 e. The molecule has 6 aromatic carbocycles. The summed E-state index contributed by atoms with van der Waals surface area (Å²) < 4.78 is 8.71. The van der Waals surface area contributed by atoms with Gasteiger partial charge in [0.2, 0.25) is 0 Å². The van der Waals surface area contributed by atoms with Crippen LogP contribution in [0.5, 0.6) is 0 Å². The number of benzene rings is 6. The highest BCUT2D eigenvalue weighted by Crippen LogP contribution is 2.51. The van der Waals surface area contributed by atoms with Crippen LogP contribution in [0.15, 0.2) is 144 Å². The Morgan fingerprint density at radius 2 is 1.28 bits per heavy atom. The molecule has 10 rings (SSSR count). The van der Waals surface area contributed by atoms with Crippen LogP contribution in [0, 0.1) is 0 Å². The lowest BCUT2D eigenvalue weighted by molar-refractivity contribution is 0.661. The Kier molecular flexibility index (Phi) is 5.31. The van der Waals surface area contributed by atoms with Crippen molar-refractivity contribution in [2.24, 2.45) is 0 Å². The molecule has 0 amide bonds. The Morgan fingerprint density at radius 1 is 0.553 bits per heavy atom. The fraction of sp³-hybridized carbons (Fsp3) is 0.0698. The first kappa shape index (κ1) is 26.2. The molecule has 0 atom stereocenters. The van der Waals surface area contributed by atoms with E-state index >= 15 is 0 Å². The maximum Gasteiger partial charge on any atom is 0.180 e. The summed E-state index contributed by atoms with van der Waals surface area (Å²) in [5.41, 5.74) is 14.0. The van der Waals surface area contributed by atoms with E-state index in [9.17, 15) is 0 Å². The first-order chi connectivity index (χ1) is 23.1. The highest BCUT2D eigenvalue weighted by molar-refractivity contribution is 6.11. The molecule has 0 N–H and O–H groups in total. The van der Waals surface area contributed by atoms with E-state index in [4.69, 9.17) is 14.4 Å². The van der Waals surface area contributed by atoms with Crippen LogP contribution in [0.4, 0.5) is 0 Å². The molecule has 0 fully saturated rings. The van der Waals surface area contributed by atoms with Gasteiger partial charge in [-0.25, -0.2) is 9.97 Å². The number of hydrogen-bond acceptors (Lipinski definition) is 3. The lowest BCUT2D eigenvalue weighted by atomic mass is 9.82. The van der Waals surface area contributed by atoms with Crippen LogP contribution in [0.2, 0.25) is 0 Å². The molecule has 0 saturated heterocycles. The Bertz CT molecular complexity index is 2700. The second kappa shape index (κ2) is 9.51. The minimum absolute atomic E-state index is 0.0506. The summed E-state index contributed by atoms with van der Waals surface area (Å²) in [6.45, 7) is 4.69. The van der Waals surface area contributed by atoms with E-state index in [1.165, 1.54) is 44.1 Å². The lowest BCUT2D eigenvalue weighted by Gasteiger charge is -2.21. The smallest absolute Gasteiger partial charge is 0.180 e. The van der Waals surface area contributed by atoms with Gasteiger partial charge in [-0.3, -0.25) is 0 Å². The van der Waals surface area contributed by atoms with Gasteiger partial charge in [-0.2, -0.15) is 0 Å². The average molecular weight is 604 g/mol. The summed E-state index contributed by atoms with van der Waals surface area (Å²) in [6, 6.07) is 49.3. The summed E-state index contributed by atoms with van der Waals surface area (Å²) in [4.78, 5) is 10.2. The molecule has 1 aliphatic carbocycles. The topological polar surface area (TPSA) is 43.9 Å². The molecular formula is C43H29N3O. The Morgan fingerprint density at radius 3 is 2.13 bits per heavy atom. The van der Waals surface area contributed by atoms with Gasteiger partial charge in [0.15, 0.2) is 11.4 Å². The van der Waals surface area contributed by atoms with Crippen molar-refractivity contribution in [3.63, 3.8) is 0 Å². The van der Waals surface area contributed by atoms with Gasteiger partial charge in [-0.1, -0.05) is 98.8 Å². The molecule has 47 heavy (non-hydrogen) atoms. The van der Waals surface area contributed by atoms with Crippen molar-refractivity contribution >= 4 is 43.9 Å². The molecule has 4 nitrogen and oxygen atoms in total. The van der Waals surface area contributed by atoms with Crippen molar-refractivity contribution in [1.82, 2.24) is 14.5 Å². The fourth-order valence-corrected chi connectivity index (χ4v) is 7.71. The maximum atomic E-state index is 6.32. The van der Waals surface area contributed by atoms with Crippen LogP contribution < -0.4 is 0 Å². The highest BCUT2D eigenvalue weighted by atomic mass is 16.3. The van der Waals surface area contributed by atoms with Crippen molar-refractivity contribution in [3.8, 4) is 39.5 Å². The Balaban J connectivity index is 1.16. The molecular weight excluding hydrogens is 574 g/mol. The monoisotopic (exact) mass is 603 g/mol. The molecule has 3 aromatic heterocycles. The molecule has 0 saturated carbocycles. The van der Waals surface area contributed by atoms with Crippen LogP contribution in [0.3, 0.4) is 0 Å². The zero-order valence-corrected chi connectivity index (χ0v) is 26.0. The number of furan rings is 1. The number of rotatable bonds is 3. The SMILES string of the molecule is CC1(C)c2ccccc2-c2cc3c(cc21)c1ccccc1n3-c1ccc(-c2nc(-c3ccccc3)c3oc4ccccc4c3n2)cc1. The molecule has 0 aliphatic heterocycles. The van der Waals surface area contributed by atoms with Crippen molar-refractivity contribution in [2.75, 3.05) is 0 Å². The summed E-state index contributed by atoms with van der Waals surface area (Å²) in [6.07, 6.45) is 0. The van der Waals surface area contributed by atoms with Crippen molar-refractivity contribution in [1.29, 1.82) is 0 Å². The van der Waals surface area contributed by atoms with E-state index in [-0.39, 0.29) is 5.41 Å². The van der Waals surface area contributed by atoms with Crippen molar-refractivity contribution in [2.45, 2.75) is 19.3 Å². The molecule has 0 unspecified atom stereocenters. The van der Waals surface area contributed by atoms with E-state index in [0.717, 1.165) is 39.0 Å². The molecule has 4 heteroatoms. The zero-order chi connectivity index (χ0) is 31.3. The third-order valence-electron chi connectivity index (χ3n) is 10.0. The van der Waals surface area contributed by atoms with Crippen LogP contribution in [-0.2, 0) is 5.41 Å². The summed E-state index contributed by atoms with van der Waals surface area (Å²) in [5, 5.41) is 3.52. The maximum absolute atomic E-state index is 6.32. The van der Waals surface area contributed by atoms with E-state index < -0.39 is 0 Å². The minimum atomic E-state index is -0.0506. The second-order valence-corrected chi connectivity index (χ2v) is 13.0. The first-order valence-corrected chi connectivity index (χ1v) is 16.1. The van der Waals surface area contributed by atoms with E-state index in [2.05, 4.69) is 122 Å². The van der Waals surface area contributed by atoms with Gasteiger partial charge in [0.1, 0.15) is 16.8 Å². The number of hydrogen-bond donors (Lipinski definition) is 0. The molecule has 0 radical (unpaired) electrons. The standard InChI is InChI=1S/C43H29N3O/c1-43(2)34-17-9-6-14-29(34)32-25-37-33(24-35(32)43)30-15-7-10-18-36(30)46(37)28-22-20-27(21-23-28)42-44-39(26-12-4-3-5-13-26)41-40(45-42)31-16-8-11-19-38(31)47-41/h3-25H,1-2H3. The third kappa shape index (κ3) is 3.70. The lowest BCUT2D eigenvalue weighted by Crippen LogP contribution is -2.14. The van der Waals surface area contributed by atoms with Crippen LogP contribution in [0.25, 0.3) is 83.3 Å². The van der Waals surface area contributed by atoms with Crippen molar-refractivity contribution < 1.29 is 4.42 Å². The summed E-state index contributed by atoms with van der Waals surface area (Å²) in [5.74, 6) is 0.674. The second-order valence-electron chi connectivity index (χ2n) is 13.0. The van der Waals surface area contributed by atoms with Gasteiger partial charge in [0, 0.05) is 38.4 Å². The van der Waals surface area contributed by atoms with Crippen LogP contribution >= 0.6 is 0 Å². The number of para-hydroxylation sites is 2. The Labute approximate surface area is 271 Å². The fourth-order valence-electron chi connectivity index (χ4n) is 7.71. The predicted octanol–water partition coefficient (Wildman–Crippen LogP) is 11.1. The molecule has 0 spiro atoms. The summed E-state index contributed by atoms with van der Waals surface area (Å²) in [7, 11) is 0. The molecule has 3 heterocycles. The van der Waals surface area contributed by atoms with E-state index in [1.807, 2.05) is 36.4 Å². The normalized spacial score (nSPS) is 13.5. The number of fused-ring (bicyclic) bond motifs is 9. The average Bonchev–Trinajstić information content (AvgIpc) is 3.73. The van der Waals surface area contributed by atoms with Gasteiger partial charge >= 0.3 is 0 Å². The van der Waals surface area contributed by atoms with Gasteiger partial charge in [-0.05, 0) is 76.9 Å². The van der Waals surface area contributed by atoms with Gasteiger partial charge < -0.3 is 8.98 Å². The third-order valence-corrected chi connectivity index (χ3v) is 10.0. The number of nitrogens with zero attached hydrogens (tertiary/aromatic N) is 3. The van der Waals surface area contributed by atoms with Crippen LogP contribution in [-0.4, -0.2) is 14.5 Å². The highest BCUT2D eigenvalue weighted by Gasteiger charge is 2.36. The Hall–Kier alpha value is -6.00. The molecule has 9 aromatic rings. The van der Waals surface area contributed by atoms with E-state index in [0.29, 0.717) is 11.4 Å². The van der Waals surface area contributed by atoms with Gasteiger partial charge in [0.25, 0.3) is 0 Å².